The molecular formula is C12H16N6U2-2. The Balaban J connectivity index is 0. The first-order valence-electron chi connectivity index (χ1n) is 5.40. The van der Waals surface area contributed by atoms with Gasteiger partial charge in [-0.2, -0.15) is 0 Å². The van der Waals surface area contributed by atoms with E-state index in [-0.39, 0.29) is 62.2 Å². The molecule has 2 heterocycles. The van der Waals surface area contributed by atoms with E-state index < -0.39 is 0 Å². The molecule has 2 rings (SSSR count). The molecule has 0 aliphatic rings. The van der Waals surface area contributed by atoms with E-state index in [9.17, 15) is 0 Å². The fraction of sp³-hybridized carbons (Fsp3) is 0.333. The topological polar surface area (TPSA) is 60.4 Å². The molecular weight excluding hydrogens is 704 g/mol. The molecule has 0 spiro atoms. The van der Waals surface area contributed by atoms with Crippen molar-refractivity contribution in [1.82, 2.24) is 19.6 Å². The third-order valence-corrected chi connectivity index (χ3v) is 1.91. The van der Waals surface area contributed by atoms with E-state index in [4.69, 9.17) is 0 Å². The van der Waals surface area contributed by atoms with Gasteiger partial charge < -0.3 is 19.3 Å². The fourth-order valence-electron chi connectivity index (χ4n) is 1.26. The van der Waals surface area contributed by atoms with Crippen LogP contribution in [0.1, 0.15) is 11.4 Å². The van der Waals surface area contributed by atoms with E-state index in [0.717, 1.165) is 11.4 Å². The molecule has 0 N–H and O–H groups in total. The van der Waals surface area contributed by atoms with Crippen LogP contribution in [0.4, 0.5) is 0 Å². The number of aliphatic imine (C=N–C) groups is 2. The molecule has 0 amide bonds. The van der Waals surface area contributed by atoms with Crippen LogP contribution in [-0.2, 0) is 0 Å². The van der Waals surface area contributed by atoms with Gasteiger partial charge in [0.25, 0.3) is 0 Å². The summed E-state index contributed by atoms with van der Waals surface area (Å²) in [5, 5.41) is 7.93. The van der Waals surface area contributed by atoms with Gasteiger partial charge in [-0.05, 0) is 19.6 Å². The number of hydrogen-bond acceptors (Lipinski definition) is 4. The van der Waals surface area contributed by atoms with Crippen molar-refractivity contribution < 1.29 is 62.2 Å². The Bertz CT molecular complexity index is 516. The van der Waals surface area contributed by atoms with Crippen LogP contribution in [0.25, 0.3) is 0 Å². The fourth-order valence-corrected chi connectivity index (χ4v) is 1.26. The minimum Gasteiger partial charge on any atom is -0.392 e. The van der Waals surface area contributed by atoms with E-state index in [0.29, 0.717) is 0 Å². The number of aromatic nitrogens is 4. The third kappa shape index (κ3) is 8.22. The van der Waals surface area contributed by atoms with Gasteiger partial charge in [0.2, 0.25) is 0 Å². The van der Waals surface area contributed by atoms with Gasteiger partial charge in [-0.15, -0.1) is 24.0 Å². The first-order valence-corrected chi connectivity index (χ1v) is 5.40. The Morgan fingerprint density at radius 1 is 1.10 bits per heavy atom. The molecule has 0 fully saturated rings. The average molecular weight is 720 g/mol. The van der Waals surface area contributed by atoms with E-state index in [1.165, 1.54) is 4.68 Å². The van der Waals surface area contributed by atoms with Crippen LogP contribution in [0.2, 0.25) is 0 Å². The Morgan fingerprint density at radius 3 is 2.15 bits per heavy atom. The van der Waals surface area contributed by atoms with Gasteiger partial charge in [-0.1, -0.05) is 6.92 Å². The van der Waals surface area contributed by atoms with Crippen LogP contribution in [0.5, 0.6) is 0 Å². The number of rotatable bonds is 2. The Labute approximate surface area is 166 Å². The Kier molecular flexibility index (Phi) is 13.9. The van der Waals surface area contributed by atoms with Crippen molar-refractivity contribution in [3.8, 4) is 0 Å². The molecule has 8 heteroatoms. The predicted molar refractivity (Wildman–Crippen MR) is 71.4 cm³/mol. The predicted octanol–water partition coefficient (Wildman–Crippen LogP) is 1.15. The van der Waals surface area contributed by atoms with E-state index >= 15 is 0 Å². The van der Waals surface area contributed by atoms with Gasteiger partial charge in [0.1, 0.15) is 0 Å². The summed E-state index contributed by atoms with van der Waals surface area (Å²) in [6, 6.07) is 3.80. The largest absolute Gasteiger partial charge is 0.392 e. The summed E-state index contributed by atoms with van der Waals surface area (Å²) in [5.74, 6) is 0. The summed E-state index contributed by atoms with van der Waals surface area (Å²) < 4.78 is 3.15. The number of nitrogens with zero attached hydrogens (tertiary/aromatic N) is 6. The molecule has 104 valence electrons. The van der Waals surface area contributed by atoms with Crippen molar-refractivity contribution in [2.75, 3.05) is 14.1 Å². The molecule has 0 aliphatic carbocycles. The first kappa shape index (κ1) is 22.2. The monoisotopic (exact) mass is 720 g/mol. The van der Waals surface area contributed by atoms with Crippen LogP contribution in [-0.4, -0.2) is 46.3 Å². The van der Waals surface area contributed by atoms with Crippen LogP contribution in [0.15, 0.2) is 34.5 Å². The van der Waals surface area contributed by atoms with Crippen molar-refractivity contribution in [2.45, 2.75) is 13.8 Å². The zero-order valence-electron chi connectivity index (χ0n) is 12.0. The molecule has 2 aromatic rings. The second-order valence-corrected chi connectivity index (χ2v) is 3.44. The van der Waals surface area contributed by atoms with Crippen molar-refractivity contribution in [2.24, 2.45) is 9.98 Å². The molecule has 0 aromatic carbocycles. The third-order valence-electron chi connectivity index (χ3n) is 1.91. The van der Waals surface area contributed by atoms with Gasteiger partial charge in [-0.25, -0.2) is 10.2 Å². The number of hydrogen-bond donors (Lipinski definition) is 0. The van der Waals surface area contributed by atoms with Gasteiger partial charge in [0.05, 0.1) is 0 Å². The van der Waals surface area contributed by atoms with Crippen LogP contribution in [0, 0.1) is 76.1 Å². The molecule has 2 aromatic heterocycles. The van der Waals surface area contributed by atoms with E-state index in [1.54, 1.807) is 31.2 Å². The number of aryl methyl sites for hydroxylation is 2. The van der Waals surface area contributed by atoms with Crippen molar-refractivity contribution >= 4 is 12.7 Å². The summed E-state index contributed by atoms with van der Waals surface area (Å²) in [5.41, 5.74) is 2.05. The normalized spacial score (nSPS) is 9.80. The first-order chi connectivity index (χ1) is 8.67. The molecule has 0 radical (unpaired) electrons. The molecule has 0 unspecified atom stereocenters. The standard InChI is InChI=1S/C7H10N3.C5H6N3.2U/c1-6-4-7(2)10(9-6)5-8-3;1-6-5-8-4-2-3-7-8;;/h4H,1-3H3;2-4H,1H3;;/q2*-1;;. The van der Waals surface area contributed by atoms with Crippen molar-refractivity contribution in [1.29, 1.82) is 0 Å². The summed E-state index contributed by atoms with van der Waals surface area (Å²) in [6.07, 6.45) is 8.79. The van der Waals surface area contributed by atoms with Gasteiger partial charge in [0.15, 0.2) is 0 Å². The van der Waals surface area contributed by atoms with E-state index in [2.05, 4.69) is 32.9 Å². The van der Waals surface area contributed by atoms with Crippen LogP contribution < -0.4 is 0 Å². The summed E-state index contributed by atoms with van der Waals surface area (Å²) in [7, 11) is 3.33. The van der Waals surface area contributed by atoms with Crippen molar-refractivity contribution in [3.05, 3.63) is 35.9 Å². The SMILES string of the molecule is CN=[C-]n1cccn1.CN=[C-]n1nc(C)cc1C.[U].[U]. The maximum Gasteiger partial charge on any atom is 0.0389 e. The maximum atomic E-state index is 4.11. The van der Waals surface area contributed by atoms with Gasteiger partial charge in [-0.3, -0.25) is 0 Å². The van der Waals surface area contributed by atoms with Gasteiger partial charge >= 0.3 is 0 Å². The molecule has 6 nitrogen and oxygen atoms in total. The van der Waals surface area contributed by atoms with Crippen molar-refractivity contribution in [3.63, 3.8) is 0 Å². The van der Waals surface area contributed by atoms with E-state index in [1.807, 2.05) is 26.0 Å². The quantitative estimate of drug-likeness (QED) is 0.266. The zero-order valence-corrected chi connectivity index (χ0v) is 20.3. The average Bonchev–Trinajstić information content (AvgIpc) is 2.92. The molecule has 0 saturated heterocycles. The second kappa shape index (κ2) is 12.6. The molecule has 0 atom stereocenters. The maximum absolute atomic E-state index is 4.11. The van der Waals surface area contributed by atoms with Gasteiger partial charge in [0, 0.05) is 88.2 Å². The molecule has 0 saturated carbocycles. The van der Waals surface area contributed by atoms with Crippen LogP contribution >= 0.6 is 0 Å². The van der Waals surface area contributed by atoms with Crippen LogP contribution in [0.3, 0.4) is 0 Å². The Morgan fingerprint density at radius 2 is 1.75 bits per heavy atom. The summed E-state index contributed by atoms with van der Waals surface area (Å²) >= 11 is 0. The summed E-state index contributed by atoms with van der Waals surface area (Å²) in [6.45, 7) is 3.92. The minimum atomic E-state index is 0. The smallest absolute Gasteiger partial charge is 0.0389 e. The molecule has 0 bridgehead atoms. The minimum absolute atomic E-state index is 0. The second-order valence-electron chi connectivity index (χ2n) is 3.44. The molecule has 0 aliphatic heterocycles. The Hall–Kier alpha value is -0.136. The summed E-state index contributed by atoms with van der Waals surface area (Å²) in [4.78, 5) is 7.36. The zero-order chi connectivity index (χ0) is 13.4. The molecule has 20 heavy (non-hydrogen) atoms.